The number of anilines is 1. The smallest absolute Gasteiger partial charge is 0.201 e. The second-order valence-electron chi connectivity index (χ2n) is 3.59. The lowest BCUT2D eigenvalue weighted by Crippen LogP contribution is -2.04. The number of fused-ring (bicyclic) bond motifs is 1. The van der Waals surface area contributed by atoms with Crippen LogP contribution in [0.3, 0.4) is 0 Å². The minimum Gasteiger partial charge on any atom is -0.369 e. The standard InChI is InChI=1S/C11H9FN4S/c12-7-2-1-3-8-10(7)15-11(13)16(8)6-9-14-4-5-17-9/h1-5H,6H2,(H2,13,15). The van der Waals surface area contributed by atoms with Crippen molar-refractivity contribution in [2.24, 2.45) is 0 Å². The van der Waals surface area contributed by atoms with E-state index in [0.29, 0.717) is 23.5 Å². The predicted molar refractivity (Wildman–Crippen MR) is 65.3 cm³/mol. The highest BCUT2D eigenvalue weighted by Gasteiger charge is 2.12. The first kappa shape index (κ1) is 10.2. The van der Waals surface area contributed by atoms with E-state index in [1.54, 1.807) is 22.9 Å². The Bertz CT molecular complexity index is 659. The number of hydrogen-bond donors (Lipinski definition) is 1. The van der Waals surface area contributed by atoms with E-state index in [4.69, 9.17) is 5.73 Å². The van der Waals surface area contributed by atoms with E-state index >= 15 is 0 Å². The van der Waals surface area contributed by atoms with Crippen molar-refractivity contribution in [3.05, 3.63) is 40.6 Å². The molecule has 0 bridgehead atoms. The molecule has 2 aromatic heterocycles. The van der Waals surface area contributed by atoms with Gasteiger partial charge in [0.05, 0.1) is 12.1 Å². The summed E-state index contributed by atoms with van der Waals surface area (Å²) in [7, 11) is 0. The Kier molecular flexibility index (Phi) is 2.29. The summed E-state index contributed by atoms with van der Waals surface area (Å²) in [5.41, 5.74) is 6.80. The van der Waals surface area contributed by atoms with Gasteiger partial charge in [-0.15, -0.1) is 11.3 Å². The van der Waals surface area contributed by atoms with Gasteiger partial charge in [0, 0.05) is 11.6 Å². The number of benzene rings is 1. The first-order valence-electron chi connectivity index (χ1n) is 5.04. The topological polar surface area (TPSA) is 56.7 Å². The van der Waals surface area contributed by atoms with Gasteiger partial charge >= 0.3 is 0 Å². The van der Waals surface area contributed by atoms with Gasteiger partial charge in [0.15, 0.2) is 5.82 Å². The highest BCUT2D eigenvalue weighted by Crippen LogP contribution is 2.22. The Balaban J connectivity index is 2.16. The van der Waals surface area contributed by atoms with Crippen molar-refractivity contribution in [2.75, 3.05) is 5.73 Å². The Hall–Kier alpha value is -1.95. The van der Waals surface area contributed by atoms with E-state index in [9.17, 15) is 4.39 Å². The van der Waals surface area contributed by atoms with E-state index in [-0.39, 0.29) is 5.82 Å². The molecule has 0 amide bonds. The van der Waals surface area contributed by atoms with Crippen molar-refractivity contribution < 1.29 is 4.39 Å². The maximum Gasteiger partial charge on any atom is 0.201 e. The van der Waals surface area contributed by atoms with E-state index in [1.807, 2.05) is 5.38 Å². The van der Waals surface area contributed by atoms with Crippen molar-refractivity contribution in [1.29, 1.82) is 0 Å². The largest absolute Gasteiger partial charge is 0.369 e. The van der Waals surface area contributed by atoms with E-state index in [2.05, 4.69) is 9.97 Å². The minimum atomic E-state index is -0.355. The molecule has 2 N–H and O–H groups in total. The van der Waals surface area contributed by atoms with E-state index in [0.717, 1.165) is 5.01 Å². The van der Waals surface area contributed by atoms with E-state index in [1.165, 1.54) is 17.4 Å². The molecule has 3 rings (SSSR count). The average molecular weight is 248 g/mol. The lowest BCUT2D eigenvalue weighted by molar-refractivity contribution is 0.637. The molecule has 6 heteroatoms. The van der Waals surface area contributed by atoms with Gasteiger partial charge < -0.3 is 10.3 Å². The zero-order chi connectivity index (χ0) is 11.8. The lowest BCUT2D eigenvalue weighted by Gasteiger charge is -2.03. The molecule has 0 saturated heterocycles. The highest BCUT2D eigenvalue weighted by molar-refractivity contribution is 7.09. The van der Waals surface area contributed by atoms with Gasteiger partial charge in [-0.1, -0.05) is 6.07 Å². The third-order valence-corrected chi connectivity index (χ3v) is 3.30. The van der Waals surface area contributed by atoms with Gasteiger partial charge in [0.2, 0.25) is 5.95 Å². The van der Waals surface area contributed by atoms with Crippen molar-refractivity contribution in [3.63, 3.8) is 0 Å². The molecule has 2 heterocycles. The van der Waals surface area contributed by atoms with Crippen molar-refractivity contribution in [2.45, 2.75) is 6.54 Å². The van der Waals surface area contributed by atoms with Crippen LogP contribution in [0.1, 0.15) is 5.01 Å². The molecule has 0 radical (unpaired) electrons. The summed E-state index contributed by atoms with van der Waals surface area (Å²) < 4.78 is 15.3. The second-order valence-corrected chi connectivity index (χ2v) is 4.57. The summed E-state index contributed by atoms with van der Waals surface area (Å²) in [6.07, 6.45) is 1.73. The molecule has 3 aromatic rings. The molecule has 0 unspecified atom stereocenters. The number of halogens is 1. The molecule has 0 aliphatic carbocycles. The van der Waals surface area contributed by atoms with Gasteiger partial charge in [0.25, 0.3) is 0 Å². The first-order valence-corrected chi connectivity index (χ1v) is 5.92. The van der Waals surface area contributed by atoms with Gasteiger partial charge in [-0.25, -0.2) is 14.4 Å². The quantitative estimate of drug-likeness (QED) is 0.756. The summed E-state index contributed by atoms with van der Waals surface area (Å²) in [5, 5.41) is 2.81. The Morgan fingerprint density at radius 2 is 2.29 bits per heavy atom. The van der Waals surface area contributed by atoms with Crippen LogP contribution in [-0.2, 0) is 6.54 Å². The summed E-state index contributed by atoms with van der Waals surface area (Å²) in [4.78, 5) is 8.22. The Labute approximate surface area is 101 Å². The van der Waals surface area contributed by atoms with Crippen LogP contribution in [0, 0.1) is 5.82 Å². The number of hydrogen-bond acceptors (Lipinski definition) is 4. The molecule has 0 fully saturated rings. The van der Waals surface area contributed by atoms with Crippen molar-refractivity contribution >= 4 is 28.3 Å². The van der Waals surface area contributed by atoms with Crippen LogP contribution < -0.4 is 5.73 Å². The van der Waals surface area contributed by atoms with Gasteiger partial charge in [0.1, 0.15) is 10.5 Å². The molecular formula is C11H9FN4S. The van der Waals surface area contributed by atoms with Crippen LogP contribution in [0.25, 0.3) is 11.0 Å². The molecule has 4 nitrogen and oxygen atoms in total. The monoisotopic (exact) mass is 248 g/mol. The molecular weight excluding hydrogens is 239 g/mol. The molecule has 0 saturated carbocycles. The first-order chi connectivity index (χ1) is 8.25. The fourth-order valence-electron chi connectivity index (χ4n) is 1.76. The SMILES string of the molecule is Nc1nc2c(F)cccc2n1Cc1nccs1. The zero-order valence-electron chi connectivity index (χ0n) is 8.80. The summed E-state index contributed by atoms with van der Waals surface area (Å²) in [6.45, 7) is 0.517. The van der Waals surface area contributed by atoms with Gasteiger partial charge in [-0.2, -0.15) is 0 Å². The van der Waals surface area contributed by atoms with Crippen LogP contribution in [0.4, 0.5) is 10.3 Å². The summed E-state index contributed by atoms with van der Waals surface area (Å²) in [6, 6.07) is 4.83. The summed E-state index contributed by atoms with van der Waals surface area (Å²) in [5.74, 6) is -0.0487. The lowest BCUT2D eigenvalue weighted by atomic mass is 10.3. The van der Waals surface area contributed by atoms with Crippen molar-refractivity contribution in [1.82, 2.24) is 14.5 Å². The molecule has 0 aliphatic heterocycles. The van der Waals surface area contributed by atoms with Gasteiger partial charge in [-0.05, 0) is 12.1 Å². The van der Waals surface area contributed by atoms with Crippen molar-refractivity contribution in [3.8, 4) is 0 Å². The maximum absolute atomic E-state index is 13.5. The predicted octanol–water partition coefficient (Wildman–Crippen LogP) is 2.26. The molecule has 0 aliphatic rings. The number of aromatic nitrogens is 3. The van der Waals surface area contributed by atoms with E-state index < -0.39 is 0 Å². The number of rotatable bonds is 2. The number of nitrogens with zero attached hydrogens (tertiary/aromatic N) is 3. The molecule has 17 heavy (non-hydrogen) atoms. The van der Waals surface area contributed by atoms with Crippen LogP contribution in [0.2, 0.25) is 0 Å². The van der Waals surface area contributed by atoms with Crippen LogP contribution in [-0.4, -0.2) is 14.5 Å². The Morgan fingerprint density at radius 3 is 3.06 bits per heavy atom. The minimum absolute atomic E-state index is 0.306. The van der Waals surface area contributed by atoms with Crippen LogP contribution in [0.15, 0.2) is 29.8 Å². The third kappa shape index (κ3) is 1.66. The molecule has 1 aromatic carbocycles. The van der Waals surface area contributed by atoms with Crippen LogP contribution >= 0.6 is 11.3 Å². The number of nitrogens with two attached hydrogens (primary N) is 1. The normalized spacial score (nSPS) is 11.1. The molecule has 86 valence electrons. The fraction of sp³-hybridized carbons (Fsp3) is 0.0909. The van der Waals surface area contributed by atoms with Gasteiger partial charge in [-0.3, -0.25) is 0 Å². The Morgan fingerprint density at radius 1 is 1.41 bits per heavy atom. The maximum atomic E-state index is 13.5. The molecule has 0 spiro atoms. The third-order valence-electron chi connectivity index (χ3n) is 2.54. The highest BCUT2D eigenvalue weighted by atomic mass is 32.1. The fourth-order valence-corrected chi connectivity index (χ4v) is 2.37. The molecule has 0 atom stereocenters. The number of thiazole rings is 1. The average Bonchev–Trinajstić information content (AvgIpc) is 2.91. The number of imidazole rings is 1. The number of nitrogen functional groups attached to an aromatic ring is 1. The number of para-hydroxylation sites is 1. The summed E-state index contributed by atoms with van der Waals surface area (Å²) >= 11 is 1.53. The zero-order valence-corrected chi connectivity index (χ0v) is 9.62. The van der Waals surface area contributed by atoms with Crippen LogP contribution in [0.5, 0.6) is 0 Å². The second kappa shape index (κ2) is 3.81.